The molecule has 0 aromatic rings. The first-order valence-corrected chi connectivity index (χ1v) is 6.47. The van der Waals surface area contributed by atoms with Crippen molar-refractivity contribution in [3.63, 3.8) is 0 Å². The second kappa shape index (κ2) is 5.67. The third-order valence-electron chi connectivity index (χ3n) is 3.32. The molecule has 16 heavy (non-hydrogen) atoms. The maximum Gasteiger partial charge on any atom is 0.223 e. The predicted octanol–water partition coefficient (Wildman–Crippen LogP) is 2.17. The monoisotopic (exact) mass is 226 g/mol. The molecule has 1 rings (SSSR count). The van der Waals surface area contributed by atoms with Crippen LogP contribution >= 0.6 is 0 Å². The minimum absolute atomic E-state index is 0.0859. The Morgan fingerprint density at radius 2 is 2.12 bits per heavy atom. The zero-order chi connectivity index (χ0) is 12.2. The summed E-state index contributed by atoms with van der Waals surface area (Å²) in [5.74, 6) is 0.327. The fourth-order valence-corrected chi connectivity index (χ4v) is 2.33. The molecule has 0 atom stereocenters. The summed E-state index contributed by atoms with van der Waals surface area (Å²) in [6.45, 7) is 10.5. The maximum absolute atomic E-state index is 12.0. The highest BCUT2D eigenvalue weighted by Crippen LogP contribution is 2.28. The van der Waals surface area contributed by atoms with Crippen molar-refractivity contribution in [3.05, 3.63) is 0 Å². The molecule has 3 nitrogen and oxygen atoms in total. The first-order valence-electron chi connectivity index (χ1n) is 6.47. The molecule has 94 valence electrons. The van der Waals surface area contributed by atoms with Crippen LogP contribution in [0.5, 0.6) is 0 Å². The minimum atomic E-state index is 0.0859. The van der Waals surface area contributed by atoms with Gasteiger partial charge < -0.3 is 10.2 Å². The van der Waals surface area contributed by atoms with Crippen LogP contribution in [0.15, 0.2) is 0 Å². The zero-order valence-corrected chi connectivity index (χ0v) is 11.2. The van der Waals surface area contributed by atoms with E-state index in [4.69, 9.17) is 0 Å². The Bertz CT molecular complexity index is 236. The van der Waals surface area contributed by atoms with Crippen LogP contribution in [0.25, 0.3) is 0 Å². The van der Waals surface area contributed by atoms with Crippen molar-refractivity contribution in [1.29, 1.82) is 0 Å². The molecule has 0 radical (unpaired) electrons. The second-order valence-electron chi connectivity index (χ2n) is 5.67. The average molecular weight is 226 g/mol. The van der Waals surface area contributed by atoms with Crippen molar-refractivity contribution in [3.8, 4) is 0 Å². The zero-order valence-electron chi connectivity index (χ0n) is 11.2. The summed E-state index contributed by atoms with van der Waals surface area (Å²) in [5.41, 5.74) is 0.0859. The lowest BCUT2D eigenvalue weighted by Gasteiger charge is -2.31. The molecule has 0 spiro atoms. The average Bonchev–Trinajstić information content (AvgIpc) is 2.52. The Morgan fingerprint density at radius 3 is 2.62 bits per heavy atom. The quantitative estimate of drug-likeness (QED) is 0.729. The van der Waals surface area contributed by atoms with Gasteiger partial charge >= 0.3 is 0 Å². The van der Waals surface area contributed by atoms with Crippen LogP contribution in [0.4, 0.5) is 0 Å². The van der Waals surface area contributed by atoms with Gasteiger partial charge in [0.05, 0.1) is 0 Å². The predicted molar refractivity (Wildman–Crippen MR) is 67.4 cm³/mol. The third kappa shape index (κ3) is 3.78. The van der Waals surface area contributed by atoms with E-state index in [0.29, 0.717) is 18.4 Å². The number of hydrogen-bond acceptors (Lipinski definition) is 2. The topological polar surface area (TPSA) is 32.3 Å². The summed E-state index contributed by atoms with van der Waals surface area (Å²) in [6.07, 6.45) is 3.93. The molecule has 0 aliphatic carbocycles. The van der Waals surface area contributed by atoms with E-state index in [1.165, 1.54) is 0 Å². The molecule has 1 amide bonds. The lowest BCUT2D eigenvalue weighted by molar-refractivity contribution is -0.134. The van der Waals surface area contributed by atoms with Gasteiger partial charge in [0.2, 0.25) is 5.91 Å². The highest BCUT2D eigenvalue weighted by atomic mass is 16.2. The van der Waals surface area contributed by atoms with Gasteiger partial charge in [-0.25, -0.2) is 0 Å². The number of carbonyl (C=O) groups is 1. The summed E-state index contributed by atoms with van der Waals surface area (Å²) in [7, 11) is 0. The molecule has 0 unspecified atom stereocenters. The first kappa shape index (κ1) is 13.5. The van der Waals surface area contributed by atoms with E-state index in [-0.39, 0.29) is 5.54 Å². The van der Waals surface area contributed by atoms with Crippen LogP contribution in [0.3, 0.4) is 0 Å². The summed E-state index contributed by atoms with van der Waals surface area (Å²) in [4.78, 5) is 14.1. The number of nitrogens with zero attached hydrogens (tertiary/aromatic N) is 1. The van der Waals surface area contributed by atoms with Gasteiger partial charge in [-0.2, -0.15) is 0 Å². The Labute approximate surface area is 99.6 Å². The summed E-state index contributed by atoms with van der Waals surface area (Å²) in [6, 6.07) is 0.512. The van der Waals surface area contributed by atoms with Gasteiger partial charge in [0, 0.05) is 24.5 Å². The first-order chi connectivity index (χ1) is 7.43. The van der Waals surface area contributed by atoms with E-state index < -0.39 is 0 Å². The molecule has 1 aliphatic rings. The Morgan fingerprint density at radius 1 is 1.44 bits per heavy atom. The van der Waals surface area contributed by atoms with Gasteiger partial charge in [-0.3, -0.25) is 4.79 Å². The normalized spacial score (nSPS) is 19.4. The van der Waals surface area contributed by atoms with E-state index >= 15 is 0 Å². The van der Waals surface area contributed by atoms with E-state index in [9.17, 15) is 4.79 Å². The van der Waals surface area contributed by atoms with Crippen LogP contribution in [-0.4, -0.2) is 35.5 Å². The molecular weight excluding hydrogens is 200 g/mol. The highest BCUT2D eigenvalue weighted by Gasteiger charge is 2.34. The van der Waals surface area contributed by atoms with E-state index in [2.05, 4.69) is 37.9 Å². The van der Waals surface area contributed by atoms with Crippen LogP contribution in [0.2, 0.25) is 0 Å². The fourth-order valence-electron chi connectivity index (χ4n) is 2.33. The third-order valence-corrected chi connectivity index (χ3v) is 3.32. The lowest BCUT2D eigenvalue weighted by atomic mass is 10.0. The van der Waals surface area contributed by atoms with Crippen molar-refractivity contribution in [2.45, 2.75) is 65.0 Å². The number of carbonyl (C=O) groups excluding carboxylic acids is 1. The standard InChI is InChI=1S/C13H26N2O/c1-11(2)14-9-5-7-12(16)15-10-6-8-13(15,3)4/h11,14H,5-10H2,1-4H3. The molecule has 1 saturated heterocycles. The fraction of sp³-hybridized carbons (Fsp3) is 0.923. The molecule has 0 saturated carbocycles. The molecule has 1 heterocycles. The van der Waals surface area contributed by atoms with Gasteiger partial charge in [0.1, 0.15) is 0 Å². The number of hydrogen-bond donors (Lipinski definition) is 1. The van der Waals surface area contributed by atoms with Crippen LogP contribution in [-0.2, 0) is 4.79 Å². The summed E-state index contributed by atoms with van der Waals surface area (Å²) >= 11 is 0. The van der Waals surface area contributed by atoms with E-state index in [0.717, 1.165) is 32.4 Å². The smallest absolute Gasteiger partial charge is 0.223 e. The van der Waals surface area contributed by atoms with Gasteiger partial charge in [-0.1, -0.05) is 13.8 Å². The Balaban J connectivity index is 2.25. The van der Waals surface area contributed by atoms with Crippen molar-refractivity contribution in [2.24, 2.45) is 0 Å². The lowest BCUT2D eigenvalue weighted by Crippen LogP contribution is -2.42. The highest BCUT2D eigenvalue weighted by molar-refractivity contribution is 5.77. The van der Waals surface area contributed by atoms with Gasteiger partial charge in [0.15, 0.2) is 0 Å². The second-order valence-corrected chi connectivity index (χ2v) is 5.67. The number of amides is 1. The number of rotatable bonds is 5. The molecule has 0 aromatic carbocycles. The van der Waals surface area contributed by atoms with Gasteiger partial charge in [-0.15, -0.1) is 0 Å². The van der Waals surface area contributed by atoms with Gasteiger partial charge in [-0.05, 0) is 39.7 Å². The van der Waals surface area contributed by atoms with Crippen LogP contribution < -0.4 is 5.32 Å². The van der Waals surface area contributed by atoms with E-state index in [1.807, 2.05) is 0 Å². The molecule has 0 aromatic heterocycles. The minimum Gasteiger partial charge on any atom is -0.338 e. The Hall–Kier alpha value is -0.570. The van der Waals surface area contributed by atoms with Crippen molar-refractivity contribution in [2.75, 3.05) is 13.1 Å². The van der Waals surface area contributed by atoms with E-state index in [1.54, 1.807) is 0 Å². The largest absolute Gasteiger partial charge is 0.338 e. The van der Waals surface area contributed by atoms with Crippen molar-refractivity contribution in [1.82, 2.24) is 10.2 Å². The molecular formula is C13H26N2O. The summed E-state index contributed by atoms with van der Waals surface area (Å²) in [5, 5.41) is 3.34. The van der Waals surface area contributed by atoms with Crippen molar-refractivity contribution >= 4 is 5.91 Å². The molecule has 0 bridgehead atoms. The van der Waals surface area contributed by atoms with Gasteiger partial charge in [0.25, 0.3) is 0 Å². The maximum atomic E-state index is 12.0. The van der Waals surface area contributed by atoms with Crippen LogP contribution in [0.1, 0.15) is 53.4 Å². The molecule has 3 heteroatoms. The Kier molecular flexibility index (Phi) is 4.78. The SMILES string of the molecule is CC(C)NCCCC(=O)N1CCCC1(C)C. The number of nitrogens with one attached hydrogen (secondary N) is 1. The molecule has 1 N–H and O–H groups in total. The molecule has 1 aliphatic heterocycles. The number of likely N-dealkylation sites (tertiary alicyclic amines) is 1. The van der Waals surface area contributed by atoms with Crippen molar-refractivity contribution < 1.29 is 4.79 Å². The molecule has 1 fully saturated rings. The summed E-state index contributed by atoms with van der Waals surface area (Å²) < 4.78 is 0. The van der Waals surface area contributed by atoms with Crippen LogP contribution in [0, 0.1) is 0 Å².